The number of halogens is 1. The van der Waals surface area contributed by atoms with Gasteiger partial charge < -0.3 is 0 Å². The first-order valence-corrected chi connectivity index (χ1v) is 7.02. The Kier molecular flexibility index (Phi) is 3.99. The van der Waals surface area contributed by atoms with Gasteiger partial charge in [0.15, 0.2) is 0 Å². The number of benzene rings is 1. The van der Waals surface area contributed by atoms with Crippen LogP contribution in [0.5, 0.6) is 0 Å². The molecule has 1 aromatic heterocycles. The van der Waals surface area contributed by atoms with Crippen LogP contribution in [-0.2, 0) is 0 Å². The van der Waals surface area contributed by atoms with Gasteiger partial charge in [-0.1, -0.05) is 28.1 Å². The van der Waals surface area contributed by atoms with Crippen LogP contribution in [0.25, 0.3) is 0 Å². The summed E-state index contributed by atoms with van der Waals surface area (Å²) in [6, 6.07) is 10.5. The molecule has 0 bridgehead atoms. The molecule has 2 aromatic rings. The van der Waals surface area contributed by atoms with Gasteiger partial charge in [0.05, 0.1) is 6.04 Å². The van der Waals surface area contributed by atoms with E-state index < -0.39 is 0 Å². The maximum Gasteiger partial charge on any atom is 0.0805 e. The molecule has 1 aromatic carbocycles. The topological polar surface area (TPSA) is 38.0 Å². The molecule has 4 heteroatoms. The molecule has 0 spiro atoms. The van der Waals surface area contributed by atoms with E-state index in [1.165, 1.54) is 20.9 Å². The summed E-state index contributed by atoms with van der Waals surface area (Å²) >= 11 is 5.33. The van der Waals surface area contributed by atoms with E-state index in [2.05, 4.69) is 53.4 Å². The molecule has 2 rings (SSSR count). The smallest absolute Gasteiger partial charge is 0.0805 e. The van der Waals surface area contributed by atoms with Crippen LogP contribution in [0.1, 0.15) is 26.9 Å². The maximum atomic E-state index is 5.71. The van der Waals surface area contributed by atoms with Crippen LogP contribution in [-0.4, -0.2) is 0 Å². The van der Waals surface area contributed by atoms with Crippen molar-refractivity contribution in [3.05, 3.63) is 55.7 Å². The summed E-state index contributed by atoms with van der Waals surface area (Å²) in [5, 5.41) is 0. The summed E-state index contributed by atoms with van der Waals surface area (Å²) in [4.78, 5) is 2.54. The van der Waals surface area contributed by atoms with E-state index in [1.807, 2.05) is 12.1 Å². The largest absolute Gasteiger partial charge is 0.271 e. The van der Waals surface area contributed by atoms with E-state index in [0.717, 1.165) is 4.47 Å². The Labute approximate surface area is 114 Å². The summed E-state index contributed by atoms with van der Waals surface area (Å²) < 4.78 is 1.11. The summed E-state index contributed by atoms with van der Waals surface area (Å²) in [5.41, 5.74) is 5.34. The second-order valence-electron chi connectivity index (χ2n) is 4.00. The summed E-state index contributed by atoms with van der Waals surface area (Å²) in [6.07, 6.45) is 0. The molecule has 0 radical (unpaired) electrons. The first kappa shape index (κ1) is 12.8. The molecule has 0 saturated heterocycles. The summed E-state index contributed by atoms with van der Waals surface area (Å²) in [6.45, 7) is 4.21. The molecule has 3 N–H and O–H groups in total. The van der Waals surface area contributed by atoms with E-state index in [4.69, 9.17) is 5.84 Å². The highest BCUT2D eigenvalue weighted by atomic mass is 79.9. The van der Waals surface area contributed by atoms with Gasteiger partial charge in [0.2, 0.25) is 0 Å². The predicted molar refractivity (Wildman–Crippen MR) is 77.1 cm³/mol. The van der Waals surface area contributed by atoms with Crippen molar-refractivity contribution in [1.29, 1.82) is 0 Å². The fourth-order valence-corrected chi connectivity index (χ4v) is 3.21. The zero-order valence-corrected chi connectivity index (χ0v) is 12.2. The fraction of sp³-hybridized carbons (Fsp3) is 0.231. The van der Waals surface area contributed by atoms with Gasteiger partial charge in [-0.15, -0.1) is 11.3 Å². The molecular weight excluding hydrogens is 296 g/mol. The molecule has 0 fully saturated rings. The number of hydrogen-bond acceptors (Lipinski definition) is 3. The van der Waals surface area contributed by atoms with Crippen LogP contribution in [0.15, 0.2) is 34.8 Å². The van der Waals surface area contributed by atoms with Crippen LogP contribution < -0.4 is 11.3 Å². The number of rotatable bonds is 3. The first-order valence-electron chi connectivity index (χ1n) is 5.41. The van der Waals surface area contributed by atoms with Gasteiger partial charge in [-0.3, -0.25) is 5.84 Å². The fourth-order valence-electron chi connectivity index (χ4n) is 1.87. The Hall–Kier alpha value is -0.680. The van der Waals surface area contributed by atoms with Gasteiger partial charge >= 0.3 is 0 Å². The van der Waals surface area contributed by atoms with Crippen molar-refractivity contribution in [3.8, 4) is 0 Å². The highest BCUT2D eigenvalue weighted by Gasteiger charge is 2.17. The predicted octanol–water partition coefficient (Wildman–Crippen LogP) is 3.68. The molecule has 0 saturated carbocycles. The van der Waals surface area contributed by atoms with Crippen molar-refractivity contribution < 1.29 is 0 Å². The molecule has 2 nitrogen and oxygen atoms in total. The van der Waals surface area contributed by atoms with Crippen LogP contribution in [0.4, 0.5) is 0 Å². The normalized spacial score (nSPS) is 12.7. The molecule has 0 aliphatic carbocycles. The molecule has 90 valence electrons. The Morgan fingerprint density at radius 2 is 2.00 bits per heavy atom. The zero-order valence-electron chi connectivity index (χ0n) is 9.83. The van der Waals surface area contributed by atoms with Crippen molar-refractivity contribution in [2.45, 2.75) is 19.9 Å². The Morgan fingerprint density at radius 1 is 1.24 bits per heavy atom. The first-order chi connectivity index (χ1) is 8.13. The molecule has 1 unspecified atom stereocenters. The highest BCUT2D eigenvalue weighted by molar-refractivity contribution is 9.10. The quantitative estimate of drug-likeness (QED) is 0.670. The second kappa shape index (κ2) is 5.31. The molecule has 0 amide bonds. The van der Waals surface area contributed by atoms with Crippen LogP contribution >= 0.6 is 27.3 Å². The van der Waals surface area contributed by atoms with E-state index in [-0.39, 0.29) is 6.04 Å². The van der Waals surface area contributed by atoms with E-state index in [1.54, 1.807) is 11.3 Å². The molecule has 1 heterocycles. The lowest BCUT2D eigenvalue weighted by atomic mass is 10.0. The van der Waals surface area contributed by atoms with Gasteiger partial charge in [-0.05, 0) is 43.2 Å². The molecule has 1 atom stereocenters. The van der Waals surface area contributed by atoms with Crippen molar-refractivity contribution in [3.63, 3.8) is 0 Å². The van der Waals surface area contributed by atoms with Crippen molar-refractivity contribution >= 4 is 27.3 Å². The van der Waals surface area contributed by atoms with Crippen LogP contribution in [0, 0.1) is 13.8 Å². The molecule has 17 heavy (non-hydrogen) atoms. The zero-order chi connectivity index (χ0) is 12.4. The van der Waals surface area contributed by atoms with Crippen molar-refractivity contribution in [2.75, 3.05) is 0 Å². The maximum absolute atomic E-state index is 5.71. The highest BCUT2D eigenvalue weighted by Crippen LogP contribution is 2.31. The number of thiophene rings is 1. The van der Waals surface area contributed by atoms with Crippen molar-refractivity contribution in [1.82, 2.24) is 5.43 Å². The minimum absolute atomic E-state index is 0.0613. The minimum atomic E-state index is 0.0613. The summed E-state index contributed by atoms with van der Waals surface area (Å²) in [5.74, 6) is 5.71. The average Bonchev–Trinajstić information content (AvgIpc) is 2.72. The standard InChI is InChI=1S/C13H15BrN2S/c1-8-6-7-12(17-8)13(16-15)10-4-3-5-11(14)9(10)2/h3-7,13,16H,15H2,1-2H3. The Bertz CT molecular complexity index is 522. The Morgan fingerprint density at radius 3 is 2.59 bits per heavy atom. The average molecular weight is 311 g/mol. The molecule has 0 aliphatic rings. The minimum Gasteiger partial charge on any atom is -0.271 e. The summed E-state index contributed by atoms with van der Waals surface area (Å²) in [7, 11) is 0. The molecule has 0 aliphatic heterocycles. The SMILES string of the molecule is Cc1ccc(C(NN)c2cccc(Br)c2C)s1. The van der Waals surface area contributed by atoms with E-state index in [9.17, 15) is 0 Å². The van der Waals surface area contributed by atoms with Gasteiger partial charge in [-0.25, -0.2) is 5.43 Å². The lowest BCUT2D eigenvalue weighted by Crippen LogP contribution is -2.28. The molecular formula is C13H15BrN2S. The lowest BCUT2D eigenvalue weighted by Gasteiger charge is -2.18. The van der Waals surface area contributed by atoms with Crippen LogP contribution in [0.3, 0.4) is 0 Å². The number of hydrazine groups is 1. The number of aryl methyl sites for hydroxylation is 1. The third-order valence-corrected chi connectivity index (χ3v) is 4.76. The third kappa shape index (κ3) is 2.60. The van der Waals surface area contributed by atoms with Gasteiger partial charge in [0.1, 0.15) is 0 Å². The van der Waals surface area contributed by atoms with Gasteiger partial charge in [0.25, 0.3) is 0 Å². The second-order valence-corrected chi connectivity index (χ2v) is 6.18. The van der Waals surface area contributed by atoms with E-state index in [0.29, 0.717) is 0 Å². The van der Waals surface area contributed by atoms with Gasteiger partial charge in [0, 0.05) is 14.2 Å². The van der Waals surface area contributed by atoms with Crippen molar-refractivity contribution in [2.24, 2.45) is 5.84 Å². The third-order valence-electron chi connectivity index (χ3n) is 2.83. The van der Waals surface area contributed by atoms with E-state index >= 15 is 0 Å². The van der Waals surface area contributed by atoms with Gasteiger partial charge in [-0.2, -0.15) is 0 Å². The number of nitrogens with one attached hydrogen (secondary N) is 1. The lowest BCUT2D eigenvalue weighted by molar-refractivity contribution is 0.643. The van der Waals surface area contributed by atoms with Crippen LogP contribution in [0.2, 0.25) is 0 Å². The Balaban J connectivity index is 2.45. The number of nitrogens with two attached hydrogens (primary N) is 1. The monoisotopic (exact) mass is 310 g/mol. The number of hydrogen-bond donors (Lipinski definition) is 2.